The second kappa shape index (κ2) is 8.65. The van der Waals surface area contributed by atoms with Gasteiger partial charge in [0.05, 0.1) is 24.4 Å². The zero-order valence-electron chi connectivity index (χ0n) is 13.0. The minimum absolute atomic E-state index is 0. The van der Waals surface area contributed by atoms with Gasteiger partial charge in [-0.05, 0) is 17.5 Å². The molecular weight excluding hydrogens is 310 g/mol. The maximum absolute atomic E-state index is 10.9. The van der Waals surface area contributed by atoms with Gasteiger partial charge in [0.2, 0.25) is 0 Å². The van der Waals surface area contributed by atoms with Gasteiger partial charge in [-0.15, -0.1) is 17.3 Å². The molecule has 5 heteroatoms. The van der Waals surface area contributed by atoms with E-state index in [9.17, 15) is 4.91 Å². The third kappa shape index (κ3) is 4.53. The zero-order valence-corrected chi connectivity index (χ0v) is 13.9. The Hall–Kier alpha value is -1.91. The van der Waals surface area contributed by atoms with Crippen molar-refractivity contribution >= 4 is 12.4 Å². The molecule has 1 aliphatic heterocycles. The van der Waals surface area contributed by atoms with Crippen LogP contribution < -0.4 is 0 Å². The lowest BCUT2D eigenvalue weighted by atomic mass is 10.0. The van der Waals surface area contributed by atoms with E-state index < -0.39 is 0 Å². The Bertz CT molecular complexity index is 594. The molecule has 3 rings (SSSR count). The van der Waals surface area contributed by atoms with Gasteiger partial charge in [-0.2, -0.15) is 0 Å². The molecule has 23 heavy (non-hydrogen) atoms. The van der Waals surface area contributed by atoms with Crippen LogP contribution in [0.4, 0.5) is 0 Å². The maximum atomic E-state index is 10.9. The van der Waals surface area contributed by atoms with Crippen LogP contribution in [0.1, 0.15) is 17.2 Å². The largest absolute Gasteiger partial charge is 0.292 e. The van der Waals surface area contributed by atoms with E-state index in [4.69, 9.17) is 0 Å². The highest BCUT2D eigenvalue weighted by molar-refractivity contribution is 5.85. The molecule has 0 N–H and O–H groups in total. The molecule has 2 aromatic rings. The number of hydrogen-bond donors (Lipinski definition) is 0. The molecule has 1 saturated heterocycles. The van der Waals surface area contributed by atoms with E-state index in [1.54, 1.807) is 5.01 Å². The summed E-state index contributed by atoms with van der Waals surface area (Å²) < 4.78 is 0. The van der Waals surface area contributed by atoms with E-state index in [-0.39, 0.29) is 18.4 Å². The van der Waals surface area contributed by atoms with E-state index in [0.29, 0.717) is 13.1 Å². The van der Waals surface area contributed by atoms with Crippen LogP contribution in [0.5, 0.6) is 0 Å². The molecule has 122 valence electrons. The lowest BCUT2D eigenvalue weighted by molar-refractivity contribution is 0.0757. The topological polar surface area (TPSA) is 35.9 Å². The predicted molar refractivity (Wildman–Crippen MR) is 95.5 cm³/mol. The van der Waals surface area contributed by atoms with Crippen LogP contribution in [0.2, 0.25) is 0 Å². The van der Waals surface area contributed by atoms with Crippen LogP contribution >= 0.6 is 12.4 Å². The minimum atomic E-state index is 0. The van der Waals surface area contributed by atoms with Gasteiger partial charge in [0.1, 0.15) is 0 Å². The van der Waals surface area contributed by atoms with Crippen molar-refractivity contribution in [1.82, 2.24) is 9.91 Å². The molecule has 0 spiro atoms. The van der Waals surface area contributed by atoms with Gasteiger partial charge >= 0.3 is 0 Å². The summed E-state index contributed by atoms with van der Waals surface area (Å²) in [5, 5.41) is 4.77. The van der Waals surface area contributed by atoms with Crippen molar-refractivity contribution < 1.29 is 0 Å². The first-order chi connectivity index (χ1) is 10.9. The minimum Gasteiger partial charge on any atom is -0.292 e. The van der Waals surface area contributed by atoms with Crippen LogP contribution in [0.25, 0.3) is 0 Å². The predicted octanol–water partition coefficient (Wildman–Crippen LogP) is 3.69. The molecule has 2 aromatic carbocycles. The molecule has 4 nitrogen and oxygen atoms in total. The number of benzene rings is 2. The fourth-order valence-corrected chi connectivity index (χ4v) is 3.06. The molecule has 0 aromatic heterocycles. The van der Waals surface area contributed by atoms with Crippen LogP contribution in [0.3, 0.4) is 0 Å². The van der Waals surface area contributed by atoms with Crippen LogP contribution in [-0.4, -0.2) is 36.1 Å². The molecule has 1 unspecified atom stereocenters. The lowest BCUT2D eigenvalue weighted by Crippen LogP contribution is -2.46. The SMILES string of the molecule is Cl.O=NN1CCN(CCc2ccccc2)C(c2ccccc2)C1. The van der Waals surface area contributed by atoms with Crippen LogP contribution in [0.15, 0.2) is 65.9 Å². The summed E-state index contributed by atoms with van der Waals surface area (Å²) >= 11 is 0. The Kier molecular flexibility index (Phi) is 6.56. The highest BCUT2D eigenvalue weighted by Gasteiger charge is 2.27. The average Bonchev–Trinajstić information content (AvgIpc) is 2.61. The summed E-state index contributed by atoms with van der Waals surface area (Å²) in [5.41, 5.74) is 2.61. The molecule has 1 fully saturated rings. The summed E-state index contributed by atoms with van der Waals surface area (Å²) in [7, 11) is 0. The summed E-state index contributed by atoms with van der Waals surface area (Å²) in [6, 6.07) is 21.2. The van der Waals surface area contributed by atoms with Crippen molar-refractivity contribution in [3.8, 4) is 0 Å². The van der Waals surface area contributed by atoms with Crippen molar-refractivity contribution in [1.29, 1.82) is 0 Å². The Morgan fingerprint density at radius 1 is 0.957 bits per heavy atom. The zero-order chi connectivity index (χ0) is 15.2. The third-order valence-electron chi connectivity index (χ3n) is 4.30. The normalized spacial score (nSPS) is 18.3. The van der Waals surface area contributed by atoms with Gasteiger partial charge in [0.15, 0.2) is 0 Å². The van der Waals surface area contributed by atoms with Crippen molar-refractivity contribution in [2.24, 2.45) is 5.29 Å². The van der Waals surface area contributed by atoms with Gasteiger partial charge in [0, 0.05) is 13.1 Å². The summed E-state index contributed by atoms with van der Waals surface area (Å²) in [6.07, 6.45) is 1.03. The average molecular weight is 332 g/mol. The van der Waals surface area contributed by atoms with Crippen molar-refractivity contribution in [3.05, 3.63) is 76.7 Å². The number of nitroso groups, excluding NO2 is 1. The van der Waals surface area contributed by atoms with E-state index in [1.165, 1.54) is 11.1 Å². The molecule has 1 heterocycles. The maximum Gasteiger partial charge on any atom is 0.0590 e. The van der Waals surface area contributed by atoms with E-state index in [0.717, 1.165) is 19.5 Å². The first-order valence-corrected chi connectivity index (χ1v) is 7.78. The van der Waals surface area contributed by atoms with Gasteiger partial charge in [-0.3, -0.25) is 9.91 Å². The second-order valence-electron chi connectivity index (χ2n) is 5.69. The van der Waals surface area contributed by atoms with Crippen LogP contribution in [-0.2, 0) is 6.42 Å². The van der Waals surface area contributed by atoms with Gasteiger partial charge < -0.3 is 0 Å². The van der Waals surface area contributed by atoms with Gasteiger partial charge in [-0.1, -0.05) is 60.7 Å². The first kappa shape index (κ1) is 17.4. The number of hydrogen-bond acceptors (Lipinski definition) is 3. The summed E-state index contributed by atoms with van der Waals surface area (Å²) in [6.45, 7) is 3.25. The monoisotopic (exact) mass is 331 g/mol. The Morgan fingerprint density at radius 3 is 2.26 bits per heavy atom. The number of piperazine rings is 1. The van der Waals surface area contributed by atoms with Crippen molar-refractivity contribution in [2.75, 3.05) is 26.2 Å². The molecule has 1 aliphatic rings. The summed E-state index contributed by atoms with van der Waals surface area (Å²) in [4.78, 5) is 13.3. The Morgan fingerprint density at radius 2 is 1.61 bits per heavy atom. The van der Waals surface area contributed by atoms with Crippen LogP contribution in [0, 0.1) is 4.91 Å². The first-order valence-electron chi connectivity index (χ1n) is 7.78. The quantitative estimate of drug-likeness (QED) is 0.784. The standard InChI is InChI=1S/C18H21N3O.ClH/c22-19-21-14-13-20(12-11-16-7-3-1-4-8-16)18(15-21)17-9-5-2-6-10-17;/h1-10,18H,11-15H2;1H. The summed E-state index contributed by atoms with van der Waals surface area (Å²) in [5.74, 6) is 0. The number of halogens is 1. The van der Waals surface area contributed by atoms with E-state index in [1.807, 2.05) is 12.1 Å². The highest BCUT2D eigenvalue weighted by Crippen LogP contribution is 2.25. The van der Waals surface area contributed by atoms with Crippen molar-refractivity contribution in [2.45, 2.75) is 12.5 Å². The third-order valence-corrected chi connectivity index (χ3v) is 4.30. The van der Waals surface area contributed by atoms with E-state index in [2.05, 4.69) is 58.7 Å². The van der Waals surface area contributed by atoms with Crippen molar-refractivity contribution in [3.63, 3.8) is 0 Å². The molecule has 0 amide bonds. The lowest BCUT2D eigenvalue weighted by Gasteiger charge is -2.39. The molecule has 0 radical (unpaired) electrons. The Balaban J connectivity index is 0.00000192. The molecule has 1 atom stereocenters. The smallest absolute Gasteiger partial charge is 0.0590 e. The molecule has 0 bridgehead atoms. The number of nitrogens with zero attached hydrogens (tertiary/aromatic N) is 3. The molecule has 0 saturated carbocycles. The Labute approximate surface area is 143 Å². The second-order valence-corrected chi connectivity index (χ2v) is 5.69. The van der Waals surface area contributed by atoms with E-state index >= 15 is 0 Å². The molecular formula is C18H22ClN3O. The number of rotatable bonds is 5. The highest BCUT2D eigenvalue weighted by atomic mass is 35.5. The molecule has 0 aliphatic carbocycles. The fourth-order valence-electron chi connectivity index (χ4n) is 3.06. The van der Waals surface area contributed by atoms with Gasteiger partial charge in [-0.25, -0.2) is 0 Å². The van der Waals surface area contributed by atoms with Gasteiger partial charge in [0.25, 0.3) is 0 Å². The fraction of sp³-hybridized carbons (Fsp3) is 0.333.